The quantitative estimate of drug-likeness (QED) is 0.118. The summed E-state index contributed by atoms with van der Waals surface area (Å²) in [7, 11) is 0. The molecule has 6 N–H and O–H groups in total. The van der Waals surface area contributed by atoms with Crippen molar-refractivity contribution in [1.82, 2.24) is 14.7 Å². The van der Waals surface area contributed by atoms with Crippen molar-refractivity contribution < 1.29 is 54.3 Å². The number of carboxylic acid groups (broad SMARTS) is 5. The molecule has 15 nitrogen and oxygen atoms in total. The molecule has 0 aliphatic rings. The molecule has 1 aromatic rings. The van der Waals surface area contributed by atoms with Gasteiger partial charge in [-0.25, -0.2) is 0 Å². The van der Waals surface area contributed by atoms with Crippen LogP contribution in [0, 0.1) is 5.41 Å². The maximum absolute atomic E-state index is 11.8. The fraction of sp³-hybridized carbons (Fsp3) is 0.538. The van der Waals surface area contributed by atoms with Gasteiger partial charge in [-0.15, -0.1) is 0 Å². The number of carboxylic acids is 5. The predicted molar refractivity (Wildman–Crippen MR) is 145 cm³/mol. The lowest BCUT2D eigenvalue weighted by molar-refractivity contribution is -0.145. The lowest BCUT2D eigenvalue weighted by Crippen LogP contribution is -2.52. The van der Waals surface area contributed by atoms with Gasteiger partial charge in [0, 0.05) is 38.3 Å². The summed E-state index contributed by atoms with van der Waals surface area (Å²) in [6.45, 7) is 1.89. The summed E-state index contributed by atoms with van der Waals surface area (Å²) in [4.78, 5) is 72.7. The lowest BCUT2D eigenvalue weighted by Gasteiger charge is -2.38. The highest BCUT2D eigenvalue weighted by atomic mass is 16.4. The summed E-state index contributed by atoms with van der Waals surface area (Å²) < 4.78 is 0. The fourth-order valence-corrected chi connectivity index (χ4v) is 4.66. The zero-order valence-electron chi connectivity index (χ0n) is 23.3. The Bertz CT molecular complexity index is 1060. The molecule has 1 amide bonds. The molecule has 1 rings (SSSR count). The smallest absolute Gasteiger partial charge is 0.317 e. The minimum Gasteiger partial charge on any atom is -0.480 e. The molecule has 0 heterocycles. The topological polar surface area (TPSA) is 225 Å². The van der Waals surface area contributed by atoms with Gasteiger partial charge in [0.1, 0.15) is 0 Å². The monoisotopic (exact) mass is 582 g/mol. The fourth-order valence-electron chi connectivity index (χ4n) is 4.66. The lowest BCUT2D eigenvalue weighted by atomic mass is 9.91. The number of nitrogens with one attached hydrogen (secondary N) is 1. The van der Waals surface area contributed by atoms with E-state index in [4.69, 9.17) is 0 Å². The number of rotatable bonds is 20. The number of carbonyl (C=O) groups is 6. The van der Waals surface area contributed by atoms with E-state index in [1.165, 1.54) is 21.6 Å². The second-order valence-electron chi connectivity index (χ2n) is 10.6. The number of aliphatic carboxylic acids is 5. The number of nitrogens with zero attached hydrogens (tertiary/aromatic N) is 3. The van der Waals surface area contributed by atoms with Gasteiger partial charge < -0.3 is 30.8 Å². The molecule has 0 saturated heterocycles. The Morgan fingerprint density at radius 1 is 0.707 bits per heavy atom. The van der Waals surface area contributed by atoms with Crippen molar-refractivity contribution in [3.05, 3.63) is 29.8 Å². The summed E-state index contributed by atoms with van der Waals surface area (Å²) in [6.07, 6.45) is 0.140. The van der Waals surface area contributed by atoms with Crippen LogP contribution in [0.3, 0.4) is 0 Å². The predicted octanol–water partition coefficient (Wildman–Crippen LogP) is -0.0887. The molecule has 41 heavy (non-hydrogen) atoms. The molecule has 0 fully saturated rings. The van der Waals surface area contributed by atoms with Crippen molar-refractivity contribution in [2.45, 2.75) is 33.2 Å². The normalized spacial score (nSPS) is 12.3. The van der Waals surface area contributed by atoms with Crippen molar-refractivity contribution in [2.24, 2.45) is 5.41 Å². The van der Waals surface area contributed by atoms with E-state index in [-0.39, 0.29) is 32.0 Å². The molecule has 1 unspecified atom stereocenters. The van der Waals surface area contributed by atoms with Crippen LogP contribution in [-0.4, -0.2) is 134 Å². The van der Waals surface area contributed by atoms with Gasteiger partial charge >= 0.3 is 29.8 Å². The Morgan fingerprint density at radius 2 is 1.12 bits per heavy atom. The average molecular weight is 583 g/mol. The second kappa shape index (κ2) is 16.2. The maximum atomic E-state index is 11.8. The number of carbonyl (C=O) groups excluding carboxylic acids is 1. The van der Waals surface area contributed by atoms with Gasteiger partial charge in [0.15, 0.2) is 0 Å². The zero-order valence-corrected chi connectivity index (χ0v) is 23.3. The van der Waals surface area contributed by atoms with Crippen molar-refractivity contribution >= 4 is 41.4 Å². The standard InChI is InChI=1S/C26H38N4O11/c1-17(31)27-19-6-4-18(5-7-19)8-20(30(13-24(38)39)14-25(40)41)9-28(10-21(32)33)15-26(2,3)16-29(11-22(34)35)12-23(36)37/h4-7,20H,8-16H2,1-3H3,(H,27,31)(H,32,33)(H,34,35)(H,36,37)(H,38,39)(H,40,41). The van der Waals surface area contributed by atoms with Gasteiger partial charge in [0.25, 0.3) is 0 Å². The van der Waals surface area contributed by atoms with Gasteiger partial charge in [0.2, 0.25) is 5.91 Å². The number of hydrogen-bond donors (Lipinski definition) is 6. The van der Waals surface area contributed by atoms with E-state index < -0.39 is 74.0 Å². The number of benzene rings is 1. The van der Waals surface area contributed by atoms with Crippen LogP contribution in [0.1, 0.15) is 26.3 Å². The van der Waals surface area contributed by atoms with Gasteiger partial charge in [-0.3, -0.25) is 43.5 Å². The Labute approximate surface area is 236 Å². The van der Waals surface area contributed by atoms with E-state index in [2.05, 4.69) is 5.32 Å². The molecule has 0 radical (unpaired) electrons. The van der Waals surface area contributed by atoms with Crippen molar-refractivity contribution in [3.63, 3.8) is 0 Å². The summed E-state index contributed by atoms with van der Waals surface area (Å²) in [6, 6.07) is 5.84. The molecular formula is C26H38N4O11. The van der Waals surface area contributed by atoms with E-state index in [1.54, 1.807) is 38.1 Å². The summed E-state index contributed by atoms with van der Waals surface area (Å²) in [5.74, 6) is -6.49. The highest BCUT2D eigenvalue weighted by molar-refractivity contribution is 5.88. The van der Waals surface area contributed by atoms with E-state index in [0.717, 1.165) is 0 Å². The first-order valence-electron chi connectivity index (χ1n) is 12.6. The molecule has 0 spiro atoms. The SMILES string of the molecule is CC(=O)Nc1ccc(CC(CN(CC(=O)O)CC(C)(C)CN(CC(=O)O)CC(=O)O)N(CC(=O)O)CC(=O)O)cc1. The van der Waals surface area contributed by atoms with Crippen LogP contribution >= 0.6 is 0 Å². The molecule has 228 valence electrons. The summed E-state index contributed by atoms with van der Waals surface area (Å²) in [5.41, 5.74) is 0.371. The summed E-state index contributed by atoms with van der Waals surface area (Å²) in [5, 5.41) is 49.5. The number of anilines is 1. The molecule has 0 aromatic heterocycles. The highest BCUT2D eigenvalue weighted by Crippen LogP contribution is 2.21. The van der Waals surface area contributed by atoms with E-state index in [9.17, 15) is 54.3 Å². The molecule has 0 bridgehead atoms. The first kappa shape index (κ1) is 34.9. The molecule has 1 atom stereocenters. The summed E-state index contributed by atoms with van der Waals surface area (Å²) >= 11 is 0. The first-order chi connectivity index (χ1) is 19.0. The van der Waals surface area contributed by atoms with Gasteiger partial charge in [-0.05, 0) is 29.5 Å². The third-order valence-corrected chi connectivity index (χ3v) is 5.79. The van der Waals surface area contributed by atoms with Crippen LogP contribution in [-0.2, 0) is 35.2 Å². The molecule has 0 aliphatic heterocycles. The molecule has 0 aliphatic carbocycles. The van der Waals surface area contributed by atoms with E-state index in [1.807, 2.05) is 0 Å². The van der Waals surface area contributed by atoms with Crippen molar-refractivity contribution in [1.29, 1.82) is 0 Å². The van der Waals surface area contributed by atoms with Crippen molar-refractivity contribution in [2.75, 3.05) is 57.7 Å². The Kier molecular flexibility index (Phi) is 13.8. The van der Waals surface area contributed by atoms with Gasteiger partial charge in [-0.2, -0.15) is 0 Å². The minimum atomic E-state index is -1.28. The number of hydrogen-bond acceptors (Lipinski definition) is 9. The van der Waals surface area contributed by atoms with Gasteiger partial charge in [-0.1, -0.05) is 26.0 Å². The molecular weight excluding hydrogens is 544 g/mol. The number of amides is 1. The maximum Gasteiger partial charge on any atom is 0.317 e. The zero-order chi connectivity index (χ0) is 31.3. The Morgan fingerprint density at radius 3 is 1.54 bits per heavy atom. The molecule has 1 aromatic carbocycles. The van der Waals surface area contributed by atoms with Crippen LogP contribution in [0.5, 0.6) is 0 Å². The second-order valence-corrected chi connectivity index (χ2v) is 10.6. The van der Waals surface area contributed by atoms with Crippen molar-refractivity contribution in [3.8, 4) is 0 Å². The third-order valence-electron chi connectivity index (χ3n) is 5.79. The first-order valence-corrected chi connectivity index (χ1v) is 12.6. The Balaban J connectivity index is 3.33. The average Bonchev–Trinajstić information content (AvgIpc) is 2.76. The van der Waals surface area contributed by atoms with E-state index in [0.29, 0.717) is 11.3 Å². The minimum absolute atomic E-state index is 0.00897. The largest absolute Gasteiger partial charge is 0.480 e. The van der Waals surface area contributed by atoms with Gasteiger partial charge in [0.05, 0.1) is 32.7 Å². The van der Waals surface area contributed by atoms with Crippen LogP contribution in [0.15, 0.2) is 24.3 Å². The molecule has 15 heteroatoms. The highest BCUT2D eigenvalue weighted by Gasteiger charge is 2.31. The van der Waals surface area contributed by atoms with Crippen LogP contribution in [0.4, 0.5) is 5.69 Å². The van der Waals surface area contributed by atoms with Crippen LogP contribution in [0.25, 0.3) is 0 Å². The van der Waals surface area contributed by atoms with E-state index >= 15 is 0 Å². The Hall–Kier alpha value is -4.08. The molecule has 0 saturated carbocycles. The third kappa shape index (κ3) is 15.3. The van der Waals surface area contributed by atoms with Crippen LogP contribution in [0.2, 0.25) is 0 Å². The van der Waals surface area contributed by atoms with Crippen LogP contribution < -0.4 is 5.32 Å².